The van der Waals surface area contributed by atoms with E-state index in [0.717, 1.165) is 30.6 Å². The second kappa shape index (κ2) is 11.9. The minimum Gasteiger partial charge on any atom is -0.497 e. The number of rotatable bonds is 11. The van der Waals surface area contributed by atoms with Gasteiger partial charge in [-0.3, -0.25) is 9.78 Å². The number of carbonyl (C=O) groups is 1. The van der Waals surface area contributed by atoms with Crippen LogP contribution < -0.4 is 4.74 Å². The predicted octanol–water partition coefficient (Wildman–Crippen LogP) is 5.37. The summed E-state index contributed by atoms with van der Waals surface area (Å²) in [5.74, 6) is 0.858. The number of methoxy groups -OCH3 is 1. The van der Waals surface area contributed by atoms with Crippen molar-refractivity contribution < 1.29 is 24.1 Å². The fraction of sp³-hybridized carbons (Fsp3) is 0.630. The number of piperidine rings is 1. The van der Waals surface area contributed by atoms with Crippen LogP contribution in [0, 0.1) is 5.41 Å². The molecule has 2 N–H and O–H groups in total. The maximum absolute atomic E-state index is 15.7. The lowest BCUT2D eigenvalue weighted by atomic mass is 9.74. The number of aromatic nitrogens is 1. The molecule has 0 unspecified atom stereocenters. The topological polar surface area (TPSA) is 82.9 Å². The van der Waals surface area contributed by atoms with Crippen molar-refractivity contribution in [1.82, 2.24) is 9.88 Å². The van der Waals surface area contributed by atoms with E-state index in [1.165, 1.54) is 31.9 Å². The first kappa shape index (κ1) is 26.2. The van der Waals surface area contributed by atoms with E-state index in [9.17, 15) is 15.0 Å². The van der Waals surface area contributed by atoms with Gasteiger partial charge >= 0.3 is 5.97 Å². The molecule has 0 amide bonds. The van der Waals surface area contributed by atoms with Gasteiger partial charge in [-0.1, -0.05) is 12.8 Å². The molecule has 192 valence electrons. The minimum atomic E-state index is -1.40. The van der Waals surface area contributed by atoms with Crippen LogP contribution in [0.2, 0.25) is 0 Å². The van der Waals surface area contributed by atoms with Crippen molar-refractivity contribution in [3.8, 4) is 5.75 Å². The van der Waals surface area contributed by atoms with Crippen molar-refractivity contribution in [3.63, 3.8) is 0 Å². The Labute approximate surface area is 211 Å². The largest absolute Gasteiger partial charge is 0.497 e. The first-order chi connectivity index (χ1) is 17.0. The molecular weight excluding hydrogens is 467 g/mol. The van der Waals surface area contributed by atoms with Crippen molar-refractivity contribution >= 4 is 28.6 Å². The molecule has 1 aliphatic heterocycles. The summed E-state index contributed by atoms with van der Waals surface area (Å²) in [6, 6.07) is 5.27. The zero-order valence-corrected chi connectivity index (χ0v) is 21.4. The Balaban J connectivity index is 1.40. The standard InChI is InChI=1S/C27H37FN2O4S/c1-34-20-6-7-24-22(16-20)25(19(18-31)17-29-24)23(28)8-9-27(26(32)33)10-12-30(13-11-27)14-15-35-21-4-2-3-5-21/h6-7,16-17,21,23,31H,2-5,8-15,18H2,1H3,(H,32,33)/t23-/m0/s1. The van der Waals surface area contributed by atoms with Crippen LogP contribution in [-0.2, 0) is 11.4 Å². The number of carboxylic acid groups (broad SMARTS) is 1. The molecule has 35 heavy (non-hydrogen) atoms. The highest BCUT2D eigenvalue weighted by Gasteiger charge is 2.41. The molecule has 0 radical (unpaired) electrons. The second-order valence-corrected chi connectivity index (χ2v) is 11.4. The number of nitrogens with zero attached hydrogens (tertiary/aromatic N) is 2. The Kier molecular flexibility index (Phi) is 8.89. The zero-order chi connectivity index (χ0) is 24.8. The Hall–Kier alpha value is -1.90. The van der Waals surface area contributed by atoms with Crippen LogP contribution in [0.15, 0.2) is 24.4 Å². The van der Waals surface area contributed by atoms with Crippen molar-refractivity contribution in [3.05, 3.63) is 35.5 Å². The SMILES string of the molecule is COc1ccc2ncc(CO)c([C@@H](F)CCC3(C(=O)O)CCN(CCSC4CCCC4)CC3)c2c1. The van der Waals surface area contributed by atoms with E-state index in [0.29, 0.717) is 40.6 Å². The van der Waals surface area contributed by atoms with Gasteiger partial charge in [0.05, 0.1) is 24.6 Å². The number of fused-ring (bicyclic) bond motifs is 1. The average molecular weight is 505 g/mol. The Morgan fingerprint density at radius 2 is 2.06 bits per heavy atom. The third-order valence-corrected chi connectivity index (χ3v) is 9.25. The Morgan fingerprint density at radius 3 is 2.71 bits per heavy atom. The molecule has 6 nitrogen and oxygen atoms in total. The number of aliphatic hydroxyl groups excluding tert-OH is 1. The fourth-order valence-corrected chi connectivity index (χ4v) is 6.95. The Morgan fingerprint density at radius 1 is 1.31 bits per heavy atom. The van der Waals surface area contributed by atoms with E-state index in [1.54, 1.807) is 25.3 Å². The number of ether oxygens (including phenoxy) is 1. The summed E-state index contributed by atoms with van der Waals surface area (Å²) in [5.41, 5.74) is 0.534. The van der Waals surface area contributed by atoms with E-state index in [2.05, 4.69) is 21.6 Å². The van der Waals surface area contributed by atoms with Crippen molar-refractivity contribution in [2.75, 3.05) is 32.5 Å². The number of likely N-dealkylation sites (tertiary alicyclic amines) is 1. The normalized spacial score (nSPS) is 19.7. The van der Waals surface area contributed by atoms with Crippen LogP contribution in [0.25, 0.3) is 10.9 Å². The van der Waals surface area contributed by atoms with Gasteiger partial charge in [-0.2, -0.15) is 11.8 Å². The van der Waals surface area contributed by atoms with Crippen LogP contribution in [-0.4, -0.2) is 63.8 Å². The van der Waals surface area contributed by atoms with Crippen LogP contribution in [0.1, 0.15) is 68.7 Å². The monoisotopic (exact) mass is 504 g/mol. The fourth-order valence-electron chi connectivity index (χ4n) is 5.58. The number of carboxylic acids is 1. The molecule has 1 aromatic carbocycles. The first-order valence-corrected chi connectivity index (χ1v) is 13.8. The maximum Gasteiger partial charge on any atom is 0.309 e. The second-order valence-electron chi connectivity index (χ2n) is 9.95. The number of alkyl halides is 1. The molecule has 2 fully saturated rings. The summed E-state index contributed by atoms with van der Waals surface area (Å²) >= 11 is 2.06. The number of halogens is 1. The molecule has 1 aromatic heterocycles. The van der Waals surface area contributed by atoms with Crippen LogP contribution >= 0.6 is 11.8 Å². The van der Waals surface area contributed by atoms with Crippen molar-refractivity contribution in [2.45, 2.75) is 69.4 Å². The van der Waals surface area contributed by atoms with Gasteiger partial charge < -0.3 is 19.8 Å². The maximum atomic E-state index is 15.7. The molecule has 2 aliphatic rings. The first-order valence-electron chi connectivity index (χ1n) is 12.7. The smallest absolute Gasteiger partial charge is 0.309 e. The number of aliphatic hydroxyl groups is 1. The van der Waals surface area contributed by atoms with E-state index in [-0.39, 0.29) is 19.4 Å². The number of benzene rings is 1. The lowest BCUT2D eigenvalue weighted by Gasteiger charge is -2.39. The Bertz CT molecular complexity index is 1000. The minimum absolute atomic E-state index is 0.0904. The summed E-state index contributed by atoms with van der Waals surface area (Å²) in [7, 11) is 1.55. The third-order valence-electron chi connectivity index (χ3n) is 7.89. The van der Waals surface area contributed by atoms with Gasteiger partial charge in [0, 0.05) is 40.3 Å². The number of aliphatic carboxylic acids is 1. The molecule has 0 bridgehead atoms. The van der Waals surface area contributed by atoms with Crippen LogP contribution in [0.4, 0.5) is 4.39 Å². The predicted molar refractivity (Wildman–Crippen MR) is 138 cm³/mol. The molecule has 2 heterocycles. The molecule has 1 atom stereocenters. The van der Waals surface area contributed by atoms with Gasteiger partial charge in [0.1, 0.15) is 11.9 Å². The molecule has 0 spiro atoms. The number of hydrogen-bond acceptors (Lipinski definition) is 6. The highest BCUT2D eigenvalue weighted by molar-refractivity contribution is 7.99. The van der Waals surface area contributed by atoms with E-state index >= 15 is 4.39 Å². The number of thioether (sulfide) groups is 1. The van der Waals surface area contributed by atoms with Crippen molar-refractivity contribution in [1.29, 1.82) is 0 Å². The van der Waals surface area contributed by atoms with E-state index in [4.69, 9.17) is 4.74 Å². The van der Waals surface area contributed by atoms with Gasteiger partial charge in [-0.05, 0) is 69.8 Å². The lowest BCUT2D eigenvalue weighted by Crippen LogP contribution is -2.45. The highest BCUT2D eigenvalue weighted by atomic mass is 32.2. The average Bonchev–Trinajstić information content (AvgIpc) is 3.40. The molecule has 1 saturated heterocycles. The van der Waals surface area contributed by atoms with E-state index < -0.39 is 17.6 Å². The molecule has 1 aliphatic carbocycles. The van der Waals surface area contributed by atoms with Gasteiger partial charge in [-0.15, -0.1) is 0 Å². The molecular formula is C27H37FN2O4S. The summed E-state index contributed by atoms with van der Waals surface area (Å²) in [6.07, 6.45) is 6.91. The summed E-state index contributed by atoms with van der Waals surface area (Å²) in [6.45, 7) is 2.15. The molecule has 2 aromatic rings. The summed E-state index contributed by atoms with van der Waals surface area (Å²) < 4.78 is 21.0. The number of hydrogen-bond donors (Lipinski definition) is 2. The summed E-state index contributed by atoms with van der Waals surface area (Å²) in [5, 5.41) is 21.3. The van der Waals surface area contributed by atoms with Crippen LogP contribution in [0.5, 0.6) is 5.75 Å². The third kappa shape index (κ3) is 6.09. The van der Waals surface area contributed by atoms with Crippen LogP contribution in [0.3, 0.4) is 0 Å². The quantitative estimate of drug-likeness (QED) is 0.426. The number of pyridine rings is 1. The van der Waals surface area contributed by atoms with Crippen molar-refractivity contribution in [2.24, 2.45) is 5.41 Å². The molecule has 4 rings (SSSR count). The molecule has 1 saturated carbocycles. The molecule has 8 heteroatoms. The van der Waals surface area contributed by atoms with Gasteiger partial charge in [0.15, 0.2) is 0 Å². The summed E-state index contributed by atoms with van der Waals surface area (Å²) in [4.78, 5) is 19.0. The zero-order valence-electron chi connectivity index (χ0n) is 20.5. The lowest BCUT2D eigenvalue weighted by molar-refractivity contribution is -0.153. The van der Waals surface area contributed by atoms with Gasteiger partial charge in [0.2, 0.25) is 0 Å². The van der Waals surface area contributed by atoms with Gasteiger partial charge in [0.25, 0.3) is 0 Å². The van der Waals surface area contributed by atoms with Gasteiger partial charge in [-0.25, -0.2) is 4.39 Å². The van der Waals surface area contributed by atoms with E-state index in [1.807, 2.05) is 0 Å². The highest BCUT2D eigenvalue weighted by Crippen LogP contribution is 2.41.